The van der Waals surface area contributed by atoms with E-state index in [4.69, 9.17) is 8.83 Å². The van der Waals surface area contributed by atoms with Gasteiger partial charge in [-0.15, -0.1) is 0 Å². The highest BCUT2D eigenvalue weighted by molar-refractivity contribution is 6.02. The zero-order valence-corrected chi connectivity index (χ0v) is 14.0. The Morgan fingerprint density at radius 3 is 2.62 bits per heavy atom. The lowest BCUT2D eigenvalue weighted by atomic mass is 10.2. The maximum absolute atomic E-state index is 12.1. The molecule has 5 nitrogen and oxygen atoms in total. The first-order chi connectivity index (χ1) is 12.6. The second-order valence-corrected chi connectivity index (χ2v) is 6.02. The van der Waals surface area contributed by atoms with Crippen LogP contribution in [0, 0.1) is 6.92 Å². The number of benzene rings is 2. The third kappa shape index (κ3) is 3.28. The first kappa shape index (κ1) is 15.9. The van der Waals surface area contributed by atoms with Crippen LogP contribution >= 0.6 is 0 Å². The summed E-state index contributed by atoms with van der Waals surface area (Å²) in [6, 6.07) is 15.9. The standard InChI is InChI=1S/C21H15NO4/c1-13-2-3-15-12-17(25-19(15)10-13)6-8-20(23)22-16-5-7-18-14(11-16)4-9-21(24)26-18/h2-12H,1H3,(H,22,23). The summed E-state index contributed by atoms with van der Waals surface area (Å²) >= 11 is 0. The summed E-state index contributed by atoms with van der Waals surface area (Å²) in [6.07, 6.45) is 3.05. The Morgan fingerprint density at radius 1 is 0.923 bits per heavy atom. The van der Waals surface area contributed by atoms with Crippen LogP contribution in [0.1, 0.15) is 11.3 Å². The fraction of sp³-hybridized carbons (Fsp3) is 0.0476. The molecule has 2 aromatic carbocycles. The van der Waals surface area contributed by atoms with Gasteiger partial charge in [0.1, 0.15) is 16.9 Å². The fourth-order valence-electron chi connectivity index (χ4n) is 2.73. The summed E-state index contributed by atoms with van der Waals surface area (Å²) in [6.45, 7) is 2.00. The Kier molecular flexibility index (Phi) is 3.89. The van der Waals surface area contributed by atoms with Crippen molar-refractivity contribution in [2.45, 2.75) is 6.92 Å². The number of aryl methyl sites for hydroxylation is 1. The highest BCUT2D eigenvalue weighted by atomic mass is 16.4. The van der Waals surface area contributed by atoms with Crippen LogP contribution in [0.4, 0.5) is 5.69 Å². The molecule has 0 bridgehead atoms. The molecule has 2 heterocycles. The summed E-state index contributed by atoms with van der Waals surface area (Å²) in [4.78, 5) is 23.3. The molecule has 0 aliphatic carbocycles. The molecular weight excluding hydrogens is 330 g/mol. The molecule has 4 aromatic rings. The normalized spacial score (nSPS) is 11.4. The zero-order chi connectivity index (χ0) is 18.1. The van der Waals surface area contributed by atoms with Gasteiger partial charge in [0.05, 0.1) is 0 Å². The number of hydrogen-bond donors (Lipinski definition) is 1. The van der Waals surface area contributed by atoms with Crippen molar-refractivity contribution in [3.8, 4) is 0 Å². The molecule has 5 heteroatoms. The number of anilines is 1. The van der Waals surface area contributed by atoms with E-state index in [0.29, 0.717) is 17.0 Å². The van der Waals surface area contributed by atoms with Gasteiger partial charge in [0, 0.05) is 28.6 Å². The minimum Gasteiger partial charge on any atom is -0.457 e. The van der Waals surface area contributed by atoms with Crippen molar-refractivity contribution in [3.05, 3.63) is 82.4 Å². The number of rotatable bonds is 3. The molecule has 1 amide bonds. The van der Waals surface area contributed by atoms with Gasteiger partial charge in [0.15, 0.2) is 0 Å². The van der Waals surface area contributed by atoms with Gasteiger partial charge < -0.3 is 14.2 Å². The number of hydrogen-bond acceptors (Lipinski definition) is 4. The maximum atomic E-state index is 12.1. The van der Waals surface area contributed by atoms with E-state index >= 15 is 0 Å². The van der Waals surface area contributed by atoms with Crippen LogP contribution in [-0.4, -0.2) is 5.91 Å². The molecule has 0 unspecified atom stereocenters. The first-order valence-electron chi connectivity index (χ1n) is 8.10. The predicted molar refractivity (Wildman–Crippen MR) is 101 cm³/mol. The Hall–Kier alpha value is -3.60. The fourth-order valence-corrected chi connectivity index (χ4v) is 2.73. The number of furan rings is 1. The summed E-state index contributed by atoms with van der Waals surface area (Å²) in [5, 5.41) is 4.50. The highest BCUT2D eigenvalue weighted by Crippen LogP contribution is 2.22. The smallest absolute Gasteiger partial charge is 0.336 e. The van der Waals surface area contributed by atoms with Gasteiger partial charge in [-0.2, -0.15) is 0 Å². The van der Waals surface area contributed by atoms with Gasteiger partial charge in [0.2, 0.25) is 5.91 Å². The van der Waals surface area contributed by atoms with Gasteiger partial charge in [-0.3, -0.25) is 4.79 Å². The van der Waals surface area contributed by atoms with Crippen LogP contribution in [-0.2, 0) is 4.79 Å². The van der Waals surface area contributed by atoms with E-state index in [1.54, 1.807) is 30.3 Å². The highest BCUT2D eigenvalue weighted by Gasteiger charge is 2.04. The second-order valence-electron chi connectivity index (χ2n) is 6.02. The number of fused-ring (bicyclic) bond motifs is 2. The van der Waals surface area contributed by atoms with Crippen molar-refractivity contribution >= 4 is 39.6 Å². The van der Waals surface area contributed by atoms with Crippen LogP contribution < -0.4 is 10.9 Å². The lowest BCUT2D eigenvalue weighted by Gasteiger charge is -2.03. The molecule has 26 heavy (non-hydrogen) atoms. The second kappa shape index (κ2) is 6.37. The van der Waals surface area contributed by atoms with E-state index in [1.165, 1.54) is 12.1 Å². The van der Waals surface area contributed by atoms with E-state index in [1.807, 2.05) is 31.2 Å². The lowest BCUT2D eigenvalue weighted by molar-refractivity contribution is -0.111. The quantitative estimate of drug-likeness (QED) is 0.438. The van der Waals surface area contributed by atoms with Crippen LogP contribution in [0.15, 0.2) is 74.3 Å². The first-order valence-corrected chi connectivity index (χ1v) is 8.10. The van der Waals surface area contributed by atoms with Gasteiger partial charge in [-0.05, 0) is 55.0 Å². The van der Waals surface area contributed by atoms with Gasteiger partial charge in [-0.25, -0.2) is 4.79 Å². The topological polar surface area (TPSA) is 72.5 Å². The van der Waals surface area contributed by atoms with Gasteiger partial charge >= 0.3 is 5.63 Å². The molecule has 1 N–H and O–H groups in total. The van der Waals surface area contributed by atoms with Crippen molar-refractivity contribution in [2.24, 2.45) is 0 Å². The van der Waals surface area contributed by atoms with Crippen LogP contribution in [0.5, 0.6) is 0 Å². The number of amides is 1. The number of nitrogens with one attached hydrogen (secondary N) is 1. The molecule has 0 radical (unpaired) electrons. The van der Waals surface area contributed by atoms with Crippen molar-refractivity contribution < 1.29 is 13.6 Å². The Bertz CT molecular complexity index is 1210. The van der Waals surface area contributed by atoms with Crippen molar-refractivity contribution in [2.75, 3.05) is 5.32 Å². The van der Waals surface area contributed by atoms with Crippen LogP contribution in [0.3, 0.4) is 0 Å². The van der Waals surface area contributed by atoms with E-state index in [-0.39, 0.29) is 5.91 Å². The Morgan fingerprint density at radius 2 is 1.73 bits per heavy atom. The maximum Gasteiger partial charge on any atom is 0.336 e. The average Bonchev–Trinajstić information content (AvgIpc) is 3.02. The molecule has 2 aromatic heterocycles. The number of carbonyl (C=O) groups excluding carboxylic acids is 1. The van der Waals surface area contributed by atoms with Crippen LogP contribution in [0.2, 0.25) is 0 Å². The monoisotopic (exact) mass is 345 g/mol. The van der Waals surface area contributed by atoms with E-state index in [2.05, 4.69) is 5.32 Å². The predicted octanol–water partition coefficient (Wildman–Crippen LogP) is 4.50. The van der Waals surface area contributed by atoms with Crippen molar-refractivity contribution in [3.63, 3.8) is 0 Å². The lowest BCUT2D eigenvalue weighted by Crippen LogP contribution is -2.07. The molecule has 0 fully saturated rings. The Labute approximate surface area is 148 Å². The summed E-state index contributed by atoms with van der Waals surface area (Å²) in [5.41, 5.74) is 2.59. The third-order valence-electron chi connectivity index (χ3n) is 3.98. The molecule has 0 aliphatic heterocycles. The molecule has 0 aliphatic rings. The zero-order valence-electron chi connectivity index (χ0n) is 14.0. The van der Waals surface area contributed by atoms with Crippen LogP contribution in [0.25, 0.3) is 28.0 Å². The van der Waals surface area contributed by atoms with E-state index in [9.17, 15) is 9.59 Å². The van der Waals surface area contributed by atoms with Crippen molar-refractivity contribution in [1.29, 1.82) is 0 Å². The summed E-state index contributed by atoms with van der Waals surface area (Å²) in [5.74, 6) is 0.333. The molecule has 0 atom stereocenters. The van der Waals surface area contributed by atoms with Gasteiger partial charge in [-0.1, -0.05) is 12.1 Å². The van der Waals surface area contributed by atoms with E-state index < -0.39 is 5.63 Å². The number of carbonyl (C=O) groups is 1. The third-order valence-corrected chi connectivity index (χ3v) is 3.98. The van der Waals surface area contributed by atoms with Crippen molar-refractivity contribution in [1.82, 2.24) is 0 Å². The van der Waals surface area contributed by atoms with Gasteiger partial charge in [0.25, 0.3) is 0 Å². The van der Waals surface area contributed by atoms with E-state index in [0.717, 1.165) is 21.9 Å². The minimum absolute atomic E-state index is 0.279. The molecule has 0 saturated heterocycles. The minimum atomic E-state index is -0.404. The molecule has 4 rings (SSSR count). The summed E-state index contributed by atoms with van der Waals surface area (Å²) in [7, 11) is 0. The SMILES string of the molecule is Cc1ccc2cc(C=CC(=O)Nc3ccc4oc(=O)ccc4c3)oc2c1. The molecule has 128 valence electrons. The molecule has 0 spiro atoms. The average molecular weight is 345 g/mol. The molecular formula is C21H15NO4. The molecule has 0 saturated carbocycles. The Balaban J connectivity index is 1.51. The summed E-state index contributed by atoms with van der Waals surface area (Å²) < 4.78 is 10.8. The largest absolute Gasteiger partial charge is 0.457 e.